The van der Waals surface area contributed by atoms with Crippen LogP contribution in [-0.4, -0.2) is 18.0 Å². The van der Waals surface area contributed by atoms with Crippen molar-refractivity contribution in [2.24, 2.45) is 0 Å². The number of carbonyl (C=O) groups is 1. The zero-order chi connectivity index (χ0) is 14.7. The molecule has 0 saturated heterocycles. The number of nitrogens with zero attached hydrogens (tertiary/aromatic N) is 1. The second-order valence-electron chi connectivity index (χ2n) is 4.15. The smallest absolute Gasteiger partial charge is 0.259 e. The van der Waals surface area contributed by atoms with Gasteiger partial charge in [0, 0.05) is 10.7 Å². The zero-order valence-electron chi connectivity index (χ0n) is 10.9. The predicted octanol–water partition coefficient (Wildman–Crippen LogP) is 4.07. The molecule has 20 heavy (non-hydrogen) atoms. The fourth-order valence-electron chi connectivity index (χ4n) is 1.68. The van der Waals surface area contributed by atoms with Gasteiger partial charge >= 0.3 is 0 Å². The first-order valence-corrected chi connectivity index (χ1v) is 6.95. The van der Waals surface area contributed by atoms with E-state index in [0.717, 1.165) is 10.0 Å². The summed E-state index contributed by atoms with van der Waals surface area (Å²) in [6.45, 7) is 1.87. The molecular formula is C14H12BrClN2O2. The highest BCUT2D eigenvalue weighted by molar-refractivity contribution is 9.10. The molecule has 0 aliphatic rings. The number of carbonyl (C=O) groups excluding carboxylic acids is 1. The summed E-state index contributed by atoms with van der Waals surface area (Å²) in [6.07, 6.45) is 1.64. The van der Waals surface area contributed by atoms with Gasteiger partial charge in [0.05, 0.1) is 18.4 Å². The van der Waals surface area contributed by atoms with Crippen LogP contribution >= 0.6 is 27.5 Å². The Bertz CT molecular complexity index is 662. The van der Waals surface area contributed by atoms with Gasteiger partial charge < -0.3 is 10.1 Å². The van der Waals surface area contributed by atoms with Gasteiger partial charge in [0.1, 0.15) is 5.75 Å². The van der Waals surface area contributed by atoms with Crippen LogP contribution in [0.15, 0.2) is 34.9 Å². The molecule has 1 amide bonds. The monoisotopic (exact) mass is 354 g/mol. The maximum Gasteiger partial charge on any atom is 0.259 e. The molecule has 0 aliphatic carbocycles. The maximum absolute atomic E-state index is 12.3. The number of benzene rings is 1. The lowest BCUT2D eigenvalue weighted by Gasteiger charge is -2.10. The normalized spacial score (nSPS) is 10.2. The fraction of sp³-hybridized carbons (Fsp3) is 0.143. The Labute approximate surface area is 130 Å². The van der Waals surface area contributed by atoms with Crippen molar-refractivity contribution in [2.75, 3.05) is 12.4 Å². The average Bonchev–Trinajstić information content (AvgIpc) is 2.42. The number of anilines is 1. The number of aryl methyl sites for hydroxylation is 1. The number of nitrogens with one attached hydrogen (secondary N) is 1. The number of methoxy groups -OCH3 is 1. The molecule has 0 saturated carbocycles. The summed E-state index contributed by atoms with van der Waals surface area (Å²) in [5.74, 6) is 0.178. The maximum atomic E-state index is 12.3. The van der Waals surface area contributed by atoms with E-state index in [1.807, 2.05) is 6.92 Å². The summed E-state index contributed by atoms with van der Waals surface area (Å²) >= 11 is 9.29. The predicted molar refractivity (Wildman–Crippen MR) is 82.6 cm³/mol. The van der Waals surface area contributed by atoms with E-state index in [0.29, 0.717) is 17.0 Å². The minimum absolute atomic E-state index is 0.250. The fourth-order valence-corrected chi connectivity index (χ4v) is 2.17. The first-order valence-electron chi connectivity index (χ1n) is 5.78. The molecule has 0 unspecified atom stereocenters. The molecule has 2 aromatic rings. The number of rotatable bonds is 3. The van der Waals surface area contributed by atoms with Crippen LogP contribution in [0.3, 0.4) is 0 Å². The lowest BCUT2D eigenvalue weighted by atomic mass is 10.2. The summed E-state index contributed by atoms with van der Waals surface area (Å²) < 4.78 is 6.03. The van der Waals surface area contributed by atoms with Crippen molar-refractivity contribution in [3.8, 4) is 5.75 Å². The first-order chi connectivity index (χ1) is 9.51. The van der Waals surface area contributed by atoms with Gasteiger partial charge in [0.2, 0.25) is 0 Å². The number of ether oxygens (including phenoxy) is 1. The average molecular weight is 356 g/mol. The molecule has 0 fully saturated rings. The number of amides is 1. The molecule has 1 heterocycles. The van der Waals surface area contributed by atoms with Crippen LogP contribution in [0.5, 0.6) is 5.75 Å². The molecule has 0 spiro atoms. The van der Waals surface area contributed by atoms with Gasteiger partial charge in [-0.3, -0.25) is 4.79 Å². The van der Waals surface area contributed by atoms with Crippen LogP contribution in [0, 0.1) is 6.92 Å². The van der Waals surface area contributed by atoms with Crippen molar-refractivity contribution in [3.63, 3.8) is 0 Å². The van der Waals surface area contributed by atoms with Crippen molar-refractivity contribution in [1.29, 1.82) is 0 Å². The van der Waals surface area contributed by atoms with E-state index >= 15 is 0 Å². The van der Waals surface area contributed by atoms with Crippen LogP contribution in [0.1, 0.15) is 15.9 Å². The SMILES string of the molecule is COc1cc(Br)ccc1C(=O)Nc1cc(C)cnc1Cl. The Morgan fingerprint density at radius 3 is 2.85 bits per heavy atom. The minimum Gasteiger partial charge on any atom is -0.496 e. The number of hydrogen-bond acceptors (Lipinski definition) is 3. The Kier molecular flexibility index (Phi) is 4.62. The van der Waals surface area contributed by atoms with E-state index in [-0.39, 0.29) is 11.1 Å². The van der Waals surface area contributed by atoms with Gasteiger partial charge in [0.25, 0.3) is 5.91 Å². The Balaban J connectivity index is 2.30. The van der Waals surface area contributed by atoms with E-state index < -0.39 is 0 Å². The topological polar surface area (TPSA) is 51.2 Å². The lowest BCUT2D eigenvalue weighted by molar-refractivity contribution is 0.102. The minimum atomic E-state index is -0.302. The van der Waals surface area contributed by atoms with Crippen molar-refractivity contribution >= 4 is 39.1 Å². The molecule has 4 nitrogen and oxygen atoms in total. The van der Waals surface area contributed by atoms with E-state index in [9.17, 15) is 4.79 Å². The van der Waals surface area contributed by atoms with Gasteiger partial charge in [-0.05, 0) is 36.8 Å². The zero-order valence-corrected chi connectivity index (χ0v) is 13.2. The second-order valence-corrected chi connectivity index (χ2v) is 5.42. The Hall–Kier alpha value is -1.59. The molecular weight excluding hydrogens is 344 g/mol. The van der Waals surface area contributed by atoms with Gasteiger partial charge in [-0.15, -0.1) is 0 Å². The van der Waals surface area contributed by atoms with Crippen LogP contribution in [-0.2, 0) is 0 Å². The Morgan fingerprint density at radius 1 is 1.40 bits per heavy atom. The number of halogens is 2. The third-order valence-corrected chi connectivity index (χ3v) is 3.43. The van der Waals surface area contributed by atoms with Crippen molar-refractivity contribution in [2.45, 2.75) is 6.92 Å². The standard InChI is InChI=1S/C14H12BrClN2O2/c1-8-5-11(13(16)17-7-8)18-14(19)10-4-3-9(15)6-12(10)20-2/h3-7H,1-2H3,(H,18,19). The highest BCUT2D eigenvalue weighted by Crippen LogP contribution is 2.26. The van der Waals surface area contributed by atoms with Gasteiger partial charge in [-0.2, -0.15) is 0 Å². The third kappa shape index (κ3) is 3.29. The lowest BCUT2D eigenvalue weighted by Crippen LogP contribution is -2.14. The summed E-state index contributed by atoms with van der Waals surface area (Å²) in [5, 5.41) is 2.98. The molecule has 0 bridgehead atoms. The van der Waals surface area contributed by atoms with E-state index in [4.69, 9.17) is 16.3 Å². The van der Waals surface area contributed by atoms with E-state index in [2.05, 4.69) is 26.2 Å². The van der Waals surface area contributed by atoms with Gasteiger partial charge in [0.15, 0.2) is 5.15 Å². The Morgan fingerprint density at radius 2 is 2.15 bits per heavy atom. The number of aromatic nitrogens is 1. The van der Waals surface area contributed by atoms with Crippen LogP contribution in [0.2, 0.25) is 5.15 Å². The molecule has 0 aliphatic heterocycles. The summed E-state index contributed by atoms with van der Waals surface area (Å²) in [4.78, 5) is 16.3. The molecule has 1 aromatic carbocycles. The van der Waals surface area contributed by atoms with Crippen LogP contribution < -0.4 is 10.1 Å². The van der Waals surface area contributed by atoms with Gasteiger partial charge in [-0.25, -0.2) is 4.98 Å². The van der Waals surface area contributed by atoms with Gasteiger partial charge in [-0.1, -0.05) is 27.5 Å². The molecule has 0 radical (unpaired) electrons. The molecule has 0 atom stereocenters. The number of pyridine rings is 1. The second kappa shape index (κ2) is 6.24. The van der Waals surface area contributed by atoms with Crippen molar-refractivity contribution in [3.05, 3.63) is 51.2 Å². The summed E-state index contributed by atoms with van der Waals surface area (Å²) in [6, 6.07) is 6.94. The van der Waals surface area contributed by atoms with Crippen LogP contribution in [0.25, 0.3) is 0 Å². The summed E-state index contributed by atoms with van der Waals surface area (Å²) in [5.41, 5.74) is 1.81. The van der Waals surface area contributed by atoms with E-state index in [1.54, 1.807) is 30.5 Å². The van der Waals surface area contributed by atoms with Crippen molar-refractivity contribution in [1.82, 2.24) is 4.98 Å². The van der Waals surface area contributed by atoms with E-state index in [1.165, 1.54) is 7.11 Å². The highest BCUT2D eigenvalue weighted by atomic mass is 79.9. The molecule has 1 N–H and O–H groups in total. The molecule has 2 rings (SSSR count). The van der Waals surface area contributed by atoms with Crippen molar-refractivity contribution < 1.29 is 9.53 Å². The first kappa shape index (κ1) is 14.8. The number of hydrogen-bond donors (Lipinski definition) is 1. The third-order valence-electron chi connectivity index (χ3n) is 2.63. The molecule has 6 heteroatoms. The quantitative estimate of drug-likeness (QED) is 0.845. The summed E-state index contributed by atoms with van der Waals surface area (Å²) in [7, 11) is 1.51. The highest BCUT2D eigenvalue weighted by Gasteiger charge is 2.14. The largest absolute Gasteiger partial charge is 0.496 e. The molecule has 104 valence electrons. The van der Waals surface area contributed by atoms with Crippen LogP contribution in [0.4, 0.5) is 5.69 Å². The molecule has 1 aromatic heterocycles.